The summed E-state index contributed by atoms with van der Waals surface area (Å²) in [6.45, 7) is 0. The van der Waals surface area contributed by atoms with Crippen molar-refractivity contribution in [3.05, 3.63) is 46.7 Å². The molecule has 0 amide bonds. The topological polar surface area (TPSA) is 82.9 Å². The van der Waals surface area contributed by atoms with Crippen LogP contribution in [0.1, 0.15) is 5.56 Å². The zero-order chi connectivity index (χ0) is 20.1. The molecule has 0 saturated heterocycles. The molecule has 0 radical (unpaired) electrons. The van der Waals surface area contributed by atoms with Crippen molar-refractivity contribution in [2.24, 2.45) is 5.10 Å². The van der Waals surface area contributed by atoms with Crippen molar-refractivity contribution in [2.45, 2.75) is 0 Å². The average molecular weight is 400 g/mol. The van der Waals surface area contributed by atoms with E-state index < -0.39 is 0 Å². The Bertz CT molecular complexity index is 1040. The van der Waals surface area contributed by atoms with E-state index in [1.54, 1.807) is 40.7 Å². The van der Waals surface area contributed by atoms with Crippen LogP contribution in [0.2, 0.25) is 0 Å². The molecule has 146 valence electrons. The van der Waals surface area contributed by atoms with E-state index in [4.69, 9.17) is 31.2 Å². The van der Waals surface area contributed by atoms with Crippen molar-refractivity contribution >= 4 is 18.4 Å². The van der Waals surface area contributed by atoms with E-state index >= 15 is 0 Å². The van der Waals surface area contributed by atoms with Crippen LogP contribution in [0.4, 0.5) is 0 Å². The number of hydrogen-bond acceptors (Lipinski definition) is 7. The van der Waals surface area contributed by atoms with Gasteiger partial charge in [0.2, 0.25) is 10.5 Å². The van der Waals surface area contributed by atoms with Crippen molar-refractivity contribution in [3.8, 4) is 34.4 Å². The standard InChI is InChI=1S/C19H20N4O4S/c1-24-14-8-5-12(6-9-14)18-21-22-19(28)23(18)20-11-13-7-10-15(25-2)17(27-4)16(13)26-3/h5-11H,1-4H3,(H,22,28). The number of aromatic nitrogens is 3. The van der Waals surface area contributed by atoms with Crippen LogP contribution in [0.15, 0.2) is 41.5 Å². The fourth-order valence-corrected chi connectivity index (χ4v) is 2.85. The second-order valence-corrected chi connectivity index (χ2v) is 5.95. The third kappa shape index (κ3) is 3.70. The van der Waals surface area contributed by atoms with Gasteiger partial charge in [0.15, 0.2) is 17.3 Å². The second kappa shape index (κ2) is 8.57. The molecule has 0 aliphatic heterocycles. The van der Waals surface area contributed by atoms with Crippen molar-refractivity contribution in [1.29, 1.82) is 0 Å². The molecule has 1 heterocycles. The van der Waals surface area contributed by atoms with Gasteiger partial charge in [-0.3, -0.25) is 0 Å². The van der Waals surface area contributed by atoms with Crippen LogP contribution >= 0.6 is 12.2 Å². The second-order valence-electron chi connectivity index (χ2n) is 5.56. The highest BCUT2D eigenvalue weighted by Crippen LogP contribution is 2.39. The Morgan fingerprint density at radius 2 is 1.64 bits per heavy atom. The van der Waals surface area contributed by atoms with Crippen LogP contribution in [0.5, 0.6) is 23.0 Å². The maximum atomic E-state index is 5.48. The van der Waals surface area contributed by atoms with Crippen LogP contribution in [0.3, 0.4) is 0 Å². The number of nitrogens with zero attached hydrogens (tertiary/aromatic N) is 3. The van der Waals surface area contributed by atoms with Gasteiger partial charge in [-0.15, -0.1) is 0 Å². The molecule has 0 atom stereocenters. The summed E-state index contributed by atoms with van der Waals surface area (Å²) in [5, 5.41) is 11.5. The molecule has 0 fully saturated rings. The molecule has 3 aromatic rings. The number of nitrogens with one attached hydrogen (secondary N) is 1. The van der Waals surface area contributed by atoms with Crippen LogP contribution in [0, 0.1) is 4.77 Å². The van der Waals surface area contributed by atoms with E-state index in [1.165, 1.54) is 4.68 Å². The molecule has 0 spiro atoms. The molecular formula is C19H20N4O4S. The number of rotatable bonds is 7. The maximum Gasteiger partial charge on any atom is 0.216 e. The van der Waals surface area contributed by atoms with Crippen molar-refractivity contribution in [3.63, 3.8) is 0 Å². The van der Waals surface area contributed by atoms with Crippen molar-refractivity contribution in [2.75, 3.05) is 28.4 Å². The molecule has 9 heteroatoms. The number of aromatic amines is 1. The van der Waals surface area contributed by atoms with Gasteiger partial charge in [0, 0.05) is 11.1 Å². The van der Waals surface area contributed by atoms with Crippen LogP contribution in [-0.4, -0.2) is 49.5 Å². The zero-order valence-electron chi connectivity index (χ0n) is 15.9. The highest BCUT2D eigenvalue weighted by molar-refractivity contribution is 7.71. The molecule has 8 nitrogen and oxygen atoms in total. The number of benzene rings is 2. The Morgan fingerprint density at radius 3 is 2.25 bits per heavy atom. The van der Waals surface area contributed by atoms with Gasteiger partial charge < -0.3 is 18.9 Å². The summed E-state index contributed by atoms with van der Waals surface area (Å²) in [5.74, 6) is 2.88. The average Bonchev–Trinajstić information content (AvgIpc) is 3.11. The van der Waals surface area contributed by atoms with Crippen LogP contribution in [-0.2, 0) is 0 Å². The number of H-pyrrole nitrogens is 1. The Balaban J connectivity index is 2.02. The molecule has 1 aromatic heterocycles. The summed E-state index contributed by atoms with van der Waals surface area (Å²) < 4.78 is 23.3. The van der Waals surface area contributed by atoms with E-state index in [9.17, 15) is 0 Å². The number of hydrogen-bond donors (Lipinski definition) is 1. The van der Waals surface area contributed by atoms with Gasteiger partial charge in [-0.2, -0.15) is 14.9 Å². The quantitative estimate of drug-likeness (QED) is 0.483. The highest BCUT2D eigenvalue weighted by Gasteiger charge is 2.15. The molecule has 1 N–H and O–H groups in total. The largest absolute Gasteiger partial charge is 0.497 e. The summed E-state index contributed by atoms with van der Waals surface area (Å²) in [7, 11) is 6.29. The van der Waals surface area contributed by atoms with Crippen molar-refractivity contribution < 1.29 is 18.9 Å². The van der Waals surface area contributed by atoms with Gasteiger partial charge in [-0.25, -0.2) is 5.10 Å². The predicted molar refractivity (Wildman–Crippen MR) is 108 cm³/mol. The third-order valence-electron chi connectivity index (χ3n) is 4.05. The normalized spacial score (nSPS) is 10.9. The molecule has 0 aliphatic rings. The fraction of sp³-hybridized carbons (Fsp3) is 0.211. The minimum Gasteiger partial charge on any atom is -0.497 e. The maximum absolute atomic E-state index is 5.48. The SMILES string of the molecule is COc1ccc(-c2n[nH]c(=S)n2N=Cc2ccc(OC)c(OC)c2OC)cc1. The molecule has 0 bridgehead atoms. The Hall–Kier alpha value is -3.33. The smallest absolute Gasteiger partial charge is 0.216 e. The van der Waals surface area contributed by atoms with Gasteiger partial charge in [0.1, 0.15) is 5.75 Å². The lowest BCUT2D eigenvalue weighted by Crippen LogP contribution is -2.00. The first-order chi connectivity index (χ1) is 13.6. The molecule has 2 aromatic carbocycles. The summed E-state index contributed by atoms with van der Waals surface area (Å²) >= 11 is 5.32. The first-order valence-corrected chi connectivity index (χ1v) is 8.69. The Kier molecular flexibility index (Phi) is 5.95. The van der Waals surface area contributed by atoms with Crippen LogP contribution < -0.4 is 18.9 Å². The lowest BCUT2D eigenvalue weighted by Gasteiger charge is -2.13. The minimum absolute atomic E-state index is 0.363. The lowest BCUT2D eigenvalue weighted by atomic mass is 10.2. The molecule has 3 rings (SSSR count). The molecule has 0 aliphatic carbocycles. The van der Waals surface area contributed by atoms with Gasteiger partial charge in [-0.05, 0) is 48.6 Å². The van der Waals surface area contributed by atoms with Crippen LogP contribution in [0.25, 0.3) is 11.4 Å². The van der Waals surface area contributed by atoms with E-state index in [-0.39, 0.29) is 0 Å². The zero-order valence-corrected chi connectivity index (χ0v) is 16.7. The minimum atomic E-state index is 0.363. The van der Waals surface area contributed by atoms with E-state index in [2.05, 4.69) is 15.3 Å². The Labute approximate surface area is 167 Å². The number of ether oxygens (including phenoxy) is 4. The summed E-state index contributed by atoms with van der Waals surface area (Å²) in [5.41, 5.74) is 1.54. The summed E-state index contributed by atoms with van der Waals surface area (Å²) in [6.07, 6.45) is 1.62. The number of methoxy groups -OCH3 is 4. The van der Waals surface area contributed by atoms with Gasteiger partial charge in [-0.1, -0.05) is 0 Å². The summed E-state index contributed by atoms with van der Waals surface area (Å²) in [6, 6.07) is 11.1. The Morgan fingerprint density at radius 1 is 0.929 bits per heavy atom. The summed E-state index contributed by atoms with van der Waals surface area (Å²) in [4.78, 5) is 0. The van der Waals surface area contributed by atoms with E-state index in [1.807, 2.05) is 30.3 Å². The molecular weight excluding hydrogens is 380 g/mol. The van der Waals surface area contributed by atoms with Gasteiger partial charge in [0.25, 0.3) is 0 Å². The fourth-order valence-electron chi connectivity index (χ4n) is 2.67. The monoisotopic (exact) mass is 400 g/mol. The van der Waals surface area contributed by atoms with E-state index in [0.29, 0.717) is 33.4 Å². The van der Waals surface area contributed by atoms with E-state index in [0.717, 1.165) is 11.3 Å². The first kappa shape index (κ1) is 19.4. The van der Waals surface area contributed by atoms with Crippen molar-refractivity contribution in [1.82, 2.24) is 14.9 Å². The highest BCUT2D eigenvalue weighted by atomic mass is 32.1. The predicted octanol–water partition coefficient (Wildman–Crippen LogP) is 3.52. The van der Waals surface area contributed by atoms with Gasteiger partial charge in [0.05, 0.1) is 34.7 Å². The lowest BCUT2D eigenvalue weighted by molar-refractivity contribution is 0.324. The first-order valence-electron chi connectivity index (χ1n) is 8.28. The molecule has 0 unspecified atom stereocenters. The molecule has 28 heavy (non-hydrogen) atoms. The molecule has 0 saturated carbocycles. The van der Waals surface area contributed by atoms with Gasteiger partial charge >= 0.3 is 0 Å². The third-order valence-corrected chi connectivity index (χ3v) is 4.31.